The minimum atomic E-state index is 0. The summed E-state index contributed by atoms with van der Waals surface area (Å²) in [5, 5.41) is 36.0. The third kappa shape index (κ3) is 275. The molecule has 0 aromatic heterocycles. The van der Waals surface area contributed by atoms with E-state index in [1.165, 1.54) is 0 Å². The predicted molar refractivity (Wildman–Crippen MR) is 42.6 cm³/mol. The molecule has 0 unspecified atom stereocenters. The van der Waals surface area contributed by atoms with Crippen LogP contribution in [0.25, 0.3) is 0 Å². The van der Waals surface area contributed by atoms with Gasteiger partial charge < -0.3 is 46.6 Å². The van der Waals surface area contributed by atoms with Crippen LogP contribution in [0.4, 0.5) is 0 Å². The van der Waals surface area contributed by atoms with E-state index in [1.807, 2.05) is 0 Å². The van der Waals surface area contributed by atoms with Crippen molar-refractivity contribution in [3.63, 3.8) is 0 Å². The Balaban J connectivity index is -0.0000000145. The molecule has 0 aliphatic carbocycles. The van der Waals surface area contributed by atoms with Crippen molar-refractivity contribution < 1.29 is 20.4 Å². The Kier molecular flexibility index (Phi) is 674. The molecule has 0 amide bonds. The van der Waals surface area contributed by atoms with Crippen LogP contribution in [0, 0.1) is 40.5 Å². The van der Waals surface area contributed by atoms with Gasteiger partial charge in [-0.3, -0.25) is 0 Å². The van der Waals surface area contributed by atoms with Crippen molar-refractivity contribution in [2.24, 2.45) is 21.4 Å². The molecule has 0 bridgehead atoms. The van der Waals surface area contributed by atoms with Gasteiger partial charge in [-0.1, -0.05) is 0 Å². The molecule has 0 aliphatic rings. The normalized spacial score (nSPS) is 3.43. The molecule has 0 radical (unpaired) electrons. The van der Waals surface area contributed by atoms with Crippen LogP contribution in [0.3, 0.4) is 0 Å². The molecule has 14 heteroatoms. The van der Waals surface area contributed by atoms with Gasteiger partial charge in [-0.25, -0.2) is 0 Å². The molecule has 90 valence electrons. The van der Waals surface area contributed by atoms with Crippen LogP contribution >= 0.6 is 0 Å². The number of rotatable bonds is 0. The first-order valence-electron chi connectivity index (χ1n) is 1.46. The van der Waals surface area contributed by atoms with E-state index in [2.05, 4.69) is 0 Å². The second-order valence-electron chi connectivity index (χ2n) is 0.298. The maximum atomic E-state index is 8.00. The predicted octanol–water partition coefficient (Wildman–Crippen LogP) is 1.38. The number of quaternary nitrogens is 1. The summed E-state index contributed by atoms with van der Waals surface area (Å²) >= 11 is 0. The quantitative estimate of drug-likeness (QED) is 0.387. The fourth-order valence-electron chi connectivity index (χ4n) is 0. The summed E-state index contributed by atoms with van der Waals surface area (Å²) in [6.07, 6.45) is 0. The SMILES string of the molecule is O=N[O-].O=N[O-].O=N[O-].O=N[O-].[NH4+].[Pd]. The van der Waals surface area contributed by atoms with E-state index >= 15 is 0 Å². The van der Waals surface area contributed by atoms with Crippen LogP contribution in [-0.2, 0) is 20.4 Å². The van der Waals surface area contributed by atoms with Gasteiger partial charge in [-0.05, 0) is 0 Å². The zero-order chi connectivity index (χ0) is 10.8. The van der Waals surface area contributed by atoms with Crippen LogP contribution < -0.4 is 6.15 Å². The first-order valence-corrected chi connectivity index (χ1v) is 1.46. The number of hydrogen-bond donors (Lipinski definition) is 1. The van der Waals surface area contributed by atoms with Gasteiger partial charge in [0.05, 0.1) is 0 Å². The van der Waals surface area contributed by atoms with E-state index < -0.39 is 0 Å². The van der Waals surface area contributed by atoms with E-state index in [0.717, 1.165) is 21.4 Å². The third-order valence-electron chi connectivity index (χ3n) is 0. The Bertz CT molecular complexity index is 71.7. The van der Waals surface area contributed by atoms with Gasteiger partial charge in [0.25, 0.3) is 0 Å². The number of hydrogen-bond acceptors (Lipinski definition) is 12. The van der Waals surface area contributed by atoms with Crippen molar-refractivity contribution in [2.75, 3.05) is 0 Å². The van der Waals surface area contributed by atoms with Crippen molar-refractivity contribution in [2.45, 2.75) is 0 Å². The van der Waals surface area contributed by atoms with Crippen LogP contribution in [0.15, 0.2) is 21.4 Å². The third-order valence-corrected chi connectivity index (χ3v) is 0. The molecule has 0 heterocycles. The Morgan fingerprint density at radius 2 is 0.571 bits per heavy atom. The summed E-state index contributed by atoms with van der Waals surface area (Å²) in [5.74, 6) is 0. The van der Waals surface area contributed by atoms with Crippen LogP contribution in [0.1, 0.15) is 0 Å². The van der Waals surface area contributed by atoms with Gasteiger partial charge in [-0.2, -0.15) is 0 Å². The van der Waals surface area contributed by atoms with Crippen LogP contribution in [0.2, 0.25) is 0 Å². The minimum Gasteiger partial charge on any atom is -0.444 e. The standard InChI is InChI=1S/4HNO2.H3N.Pd/c4*2-1-3;;/h4*(H,2,3);1H3;/p-3. The van der Waals surface area contributed by atoms with E-state index in [9.17, 15) is 0 Å². The zero-order valence-electron chi connectivity index (χ0n) is 6.37. The van der Waals surface area contributed by atoms with Gasteiger partial charge in [0.15, 0.2) is 0 Å². The summed E-state index contributed by atoms with van der Waals surface area (Å²) in [6, 6.07) is 0. The average molecular weight is 308 g/mol. The van der Waals surface area contributed by atoms with Gasteiger partial charge >= 0.3 is 0 Å². The van der Waals surface area contributed by atoms with Crippen LogP contribution in [0.5, 0.6) is 0 Å². The largest absolute Gasteiger partial charge is 0.444 e. The van der Waals surface area contributed by atoms with E-state index in [1.54, 1.807) is 0 Å². The Morgan fingerprint density at radius 3 is 0.571 bits per heavy atom. The molecule has 0 saturated carbocycles. The molecule has 0 atom stereocenters. The molecule has 0 aromatic rings. The van der Waals surface area contributed by atoms with Crippen molar-refractivity contribution in [1.29, 1.82) is 0 Å². The average Bonchev–Trinajstić information content (AvgIpc) is 1.92. The molecule has 0 rings (SSSR count). The zero-order valence-corrected chi connectivity index (χ0v) is 7.93. The van der Waals surface area contributed by atoms with Crippen LogP contribution in [-0.4, -0.2) is 0 Å². The van der Waals surface area contributed by atoms with Gasteiger partial charge in [0.2, 0.25) is 0 Å². The van der Waals surface area contributed by atoms with Crippen molar-refractivity contribution >= 4 is 0 Å². The fourth-order valence-corrected chi connectivity index (χ4v) is 0. The Labute approximate surface area is 89.1 Å². The Hall–Kier alpha value is -1.78. The summed E-state index contributed by atoms with van der Waals surface area (Å²) in [7, 11) is 0. The maximum Gasteiger partial charge on any atom is 0 e. The van der Waals surface area contributed by atoms with Crippen molar-refractivity contribution in [3.8, 4) is 0 Å². The second kappa shape index (κ2) is 237. The summed E-state index contributed by atoms with van der Waals surface area (Å²) < 4.78 is 0. The van der Waals surface area contributed by atoms with E-state index in [4.69, 9.17) is 40.5 Å². The molecule has 14 heavy (non-hydrogen) atoms. The minimum absolute atomic E-state index is 0. The molecule has 0 fully saturated rings. The monoisotopic (exact) mass is 308 g/mol. The second-order valence-corrected chi connectivity index (χ2v) is 0.298. The van der Waals surface area contributed by atoms with Gasteiger partial charge in [0.1, 0.15) is 0 Å². The molecule has 0 saturated heterocycles. The topological polar surface area (TPSA) is 246 Å². The van der Waals surface area contributed by atoms with E-state index in [0.29, 0.717) is 0 Å². The fraction of sp³-hybridized carbons (Fsp3) is 0. The van der Waals surface area contributed by atoms with Gasteiger partial charge in [0, 0.05) is 20.4 Å². The van der Waals surface area contributed by atoms with Crippen molar-refractivity contribution in [3.05, 3.63) is 40.5 Å². The molecule has 0 spiro atoms. The summed E-state index contributed by atoms with van der Waals surface area (Å²) in [5.41, 5.74) is 0. The van der Waals surface area contributed by atoms with Gasteiger partial charge in [-0.15, -0.1) is 21.4 Å². The smallest absolute Gasteiger partial charge is 0 e. The molecule has 13 nitrogen and oxygen atoms in total. The Morgan fingerprint density at radius 1 is 0.571 bits per heavy atom. The summed E-state index contributed by atoms with van der Waals surface area (Å²) in [4.78, 5) is 32.0. The summed E-state index contributed by atoms with van der Waals surface area (Å²) in [6.45, 7) is 0. The molecular formula is H4N5O8Pd-3. The molecule has 0 aliphatic heterocycles. The maximum absolute atomic E-state index is 8.00. The molecular weight excluding hydrogens is 304 g/mol. The molecule has 0 aromatic carbocycles. The first-order chi connectivity index (χ1) is 5.66. The first kappa shape index (κ1) is 39.8. The van der Waals surface area contributed by atoms with E-state index in [-0.39, 0.29) is 26.6 Å². The molecule has 4 N–H and O–H groups in total. The van der Waals surface area contributed by atoms with Crippen molar-refractivity contribution in [1.82, 2.24) is 6.15 Å². The number of nitrogens with zero attached hydrogens (tertiary/aromatic N) is 4.